The fourth-order valence-corrected chi connectivity index (χ4v) is 7.39. The normalized spacial score (nSPS) is 11.3. The summed E-state index contributed by atoms with van der Waals surface area (Å²) in [6.45, 7) is 6.71. The Bertz CT molecular complexity index is 1220. The van der Waals surface area contributed by atoms with Crippen molar-refractivity contribution in [1.29, 1.82) is 0 Å². The first-order chi connectivity index (χ1) is 26.2. The molecule has 10 heteroatoms. The summed E-state index contributed by atoms with van der Waals surface area (Å²) in [6, 6.07) is 21.7. The minimum atomic E-state index is -2.43. The molecular formula is C45H69FeO6P3+3. The van der Waals surface area contributed by atoms with Gasteiger partial charge in [0, 0.05) is 0 Å². The molecule has 3 atom stereocenters. The molecule has 0 aliphatic heterocycles. The largest absolute Gasteiger partial charge is 3.00 e. The molecule has 6 nitrogen and oxygen atoms in total. The average Bonchev–Trinajstić information content (AvgIpc) is 3.18. The summed E-state index contributed by atoms with van der Waals surface area (Å²) in [7, 11) is -7.30. The van der Waals surface area contributed by atoms with E-state index in [1.165, 1.54) is 152 Å². The number of unbranched alkanes of at least 4 members (excludes halogenated alkanes) is 18. The van der Waals surface area contributed by atoms with Crippen molar-refractivity contribution in [1.82, 2.24) is 0 Å². The van der Waals surface area contributed by atoms with Gasteiger partial charge >= 0.3 is 41.2 Å². The van der Waals surface area contributed by atoms with Gasteiger partial charge in [-0.3, -0.25) is 0 Å². The van der Waals surface area contributed by atoms with E-state index in [2.05, 4.69) is 20.8 Å². The van der Waals surface area contributed by atoms with E-state index in [4.69, 9.17) is 0 Å². The average molecular weight is 855 g/mol. The summed E-state index contributed by atoms with van der Waals surface area (Å²) in [6.07, 6.45) is 30.7. The topological polar surface area (TPSA) is 120 Å². The van der Waals surface area contributed by atoms with Gasteiger partial charge in [0.15, 0.2) is 15.9 Å². The molecule has 305 valence electrons. The van der Waals surface area contributed by atoms with E-state index in [-0.39, 0.29) is 17.1 Å². The molecule has 0 heterocycles. The van der Waals surface area contributed by atoms with Gasteiger partial charge in [-0.25, -0.2) is 0 Å². The maximum atomic E-state index is 10.7. The molecule has 0 bridgehead atoms. The van der Waals surface area contributed by atoms with Gasteiger partial charge in [-0.05, 0) is 91.6 Å². The van der Waals surface area contributed by atoms with Crippen LogP contribution in [0.3, 0.4) is 0 Å². The van der Waals surface area contributed by atoms with Crippen LogP contribution in [0.25, 0.3) is 0 Å². The Morgan fingerprint density at radius 2 is 0.509 bits per heavy atom. The van der Waals surface area contributed by atoms with Crippen LogP contribution in [-0.2, 0) is 50.0 Å². The molecule has 0 saturated carbocycles. The van der Waals surface area contributed by atoms with Crippen molar-refractivity contribution in [3.8, 4) is 0 Å². The molecule has 3 aromatic rings. The van der Waals surface area contributed by atoms with Crippen LogP contribution >= 0.6 is 24.1 Å². The summed E-state index contributed by atoms with van der Waals surface area (Å²) in [5.41, 5.74) is 3.72. The Labute approximate surface area is 348 Å². The number of hydrogen-bond donors (Lipinski definition) is 0. The van der Waals surface area contributed by atoms with Crippen LogP contribution in [0.5, 0.6) is 0 Å². The molecule has 55 heavy (non-hydrogen) atoms. The fourth-order valence-electron chi connectivity index (χ4n) is 6.21. The van der Waals surface area contributed by atoms with E-state index in [1.54, 1.807) is 36.4 Å². The Morgan fingerprint density at radius 3 is 0.691 bits per heavy atom. The molecule has 0 N–H and O–H groups in total. The first-order valence-electron chi connectivity index (χ1n) is 20.9. The summed E-state index contributed by atoms with van der Waals surface area (Å²) in [5.74, 6) is 0. The second-order valence-corrected chi connectivity index (χ2v) is 17.5. The Hall–Kier alpha value is -1.64. The van der Waals surface area contributed by atoms with E-state index in [0.29, 0.717) is 15.9 Å². The van der Waals surface area contributed by atoms with Crippen molar-refractivity contribution >= 4 is 40.0 Å². The van der Waals surface area contributed by atoms with E-state index in [1.807, 2.05) is 36.4 Å². The zero-order valence-electron chi connectivity index (χ0n) is 34.0. The van der Waals surface area contributed by atoms with E-state index < -0.39 is 24.1 Å². The summed E-state index contributed by atoms with van der Waals surface area (Å²) in [4.78, 5) is 32.2. The smallest absolute Gasteiger partial charge is 0.591 e. The van der Waals surface area contributed by atoms with Gasteiger partial charge in [0.2, 0.25) is 0 Å². The maximum absolute atomic E-state index is 10.7. The van der Waals surface area contributed by atoms with Gasteiger partial charge in [0.25, 0.3) is 0 Å². The molecule has 0 aliphatic rings. The van der Waals surface area contributed by atoms with Crippen LogP contribution in [0, 0.1) is 0 Å². The van der Waals surface area contributed by atoms with Gasteiger partial charge in [-0.1, -0.05) is 186 Å². The Balaban J connectivity index is 0.000000788. The van der Waals surface area contributed by atoms with Crippen molar-refractivity contribution in [3.63, 3.8) is 0 Å². The molecule has 0 spiro atoms. The third kappa shape index (κ3) is 29.3. The predicted octanol–water partition coefficient (Wildman–Crippen LogP) is 11.1. The molecule has 0 fully saturated rings. The van der Waals surface area contributed by atoms with Crippen molar-refractivity contribution in [2.24, 2.45) is 0 Å². The van der Waals surface area contributed by atoms with Gasteiger partial charge in [-0.15, -0.1) is 0 Å². The van der Waals surface area contributed by atoms with Gasteiger partial charge in [0.05, 0.1) is 0 Å². The van der Waals surface area contributed by atoms with Crippen LogP contribution in [0.15, 0.2) is 72.8 Å². The van der Waals surface area contributed by atoms with Gasteiger partial charge in [0.1, 0.15) is 0 Å². The molecule has 0 saturated heterocycles. The molecular weight excluding hydrogens is 785 g/mol. The summed E-state index contributed by atoms with van der Waals surface area (Å²) < 4.78 is 32.2. The fraction of sp³-hybridized carbons (Fsp3) is 0.600. The molecule has 0 amide bonds. The van der Waals surface area contributed by atoms with E-state index in [0.717, 1.165) is 19.3 Å². The van der Waals surface area contributed by atoms with Gasteiger partial charge < -0.3 is 14.7 Å². The zero-order chi connectivity index (χ0) is 39.7. The second kappa shape index (κ2) is 36.7. The first-order valence-corrected chi connectivity index (χ1v) is 24.4. The Morgan fingerprint density at radius 1 is 0.327 bits per heavy atom. The number of rotatable bonds is 27. The third-order valence-corrected chi connectivity index (χ3v) is 11.8. The molecule has 1 radical (unpaired) electrons. The summed E-state index contributed by atoms with van der Waals surface area (Å²) in [5, 5.41) is 1.23. The monoisotopic (exact) mass is 854 g/mol. The Kier molecular flexibility index (Phi) is 35.6. The van der Waals surface area contributed by atoms with E-state index >= 15 is 0 Å². The van der Waals surface area contributed by atoms with Crippen molar-refractivity contribution in [3.05, 3.63) is 89.5 Å². The number of benzene rings is 3. The minimum Gasteiger partial charge on any atom is -0.591 e. The summed E-state index contributed by atoms with van der Waals surface area (Å²) >= 11 is 0. The zero-order valence-corrected chi connectivity index (χ0v) is 37.8. The number of aryl methyl sites for hydroxylation is 3. The van der Waals surface area contributed by atoms with Crippen LogP contribution in [0.2, 0.25) is 0 Å². The van der Waals surface area contributed by atoms with Gasteiger partial charge in [-0.2, -0.15) is 0 Å². The molecule has 0 aromatic heterocycles. The SMILES string of the molecule is CCCCCCCCCc1ccc([P+](=O)[O-])cc1.CCCCCCCCCc1ccc([P+](=O)[O-])cc1.CCCCCCCCCc1ccc([P+](=O)[O-])cc1.[Fe+3]. The van der Waals surface area contributed by atoms with Crippen LogP contribution in [0.4, 0.5) is 0 Å². The number of hydrogen-bond acceptors (Lipinski definition) is 6. The van der Waals surface area contributed by atoms with Crippen LogP contribution in [0.1, 0.15) is 172 Å². The first kappa shape index (κ1) is 53.4. The van der Waals surface area contributed by atoms with Crippen molar-refractivity contribution < 1.29 is 45.4 Å². The molecule has 3 aromatic carbocycles. The standard InChI is InChI=1S/3C15H23O2P.Fe/c3*1-2-3-4-5-6-7-8-9-14-10-12-15(13-11-14)18(16)17;/h3*10-13H,2-9H2,1H3;/q;;;+3. The van der Waals surface area contributed by atoms with Crippen LogP contribution < -0.4 is 30.6 Å². The van der Waals surface area contributed by atoms with Crippen molar-refractivity contribution in [2.75, 3.05) is 0 Å². The van der Waals surface area contributed by atoms with Crippen molar-refractivity contribution in [2.45, 2.75) is 175 Å². The molecule has 3 unspecified atom stereocenters. The minimum absolute atomic E-state index is 0. The van der Waals surface area contributed by atoms with E-state index in [9.17, 15) is 28.4 Å². The molecule has 0 aliphatic carbocycles. The second-order valence-electron chi connectivity index (χ2n) is 14.4. The maximum Gasteiger partial charge on any atom is 3.00 e. The molecule has 3 rings (SSSR count). The predicted molar refractivity (Wildman–Crippen MR) is 226 cm³/mol. The quantitative estimate of drug-likeness (QED) is 0.0428. The third-order valence-electron chi connectivity index (χ3n) is 9.65. The van der Waals surface area contributed by atoms with Crippen LogP contribution in [-0.4, -0.2) is 0 Å².